The van der Waals surface area contributed by atoms with E-state index in [0.29, 0.717) is 12.4 Å². The van der Waals surface area contributed by atoms with Gasteiger partial charge >= 0.3 is 0 Å². The molecular weight excluding hydrogens is 300 g/mol. The van der Waals surface area contributed by atoms with E-state index in [4.69, 9.17) is 9.47 Å². The van der Waals surface area contributed by atoms with E-state index in [1.807, 2.05) is 73.7 Å². The summed E-state index contributed by atoms with van der Waals surface area (Å²) in [5, 5.41) is 3.38. The second kappa shape index (κ2) is 7.51. The number of hydrogen-bond donors (Lipinski definition) is 1. The minimum Gasteiger partial charge on any atom is -0.496 e. The third-order valence-electron chi connectivity index (χ3n) is 3.62. The molecule has 4 nitrogen and oxygen atoms in total. The van der Waals surface area contributed by atoms with Gasteiger partial charge in [-0.15, -0.1) is 0 Å². The van der Waals surface area contributed by atoms with E-state index >= 15 is 0 Å². The van der Waals surface area contributed by atoms with Crippen molar-refractivity contribution >= 4 is 5.69 Å². The lowest BCUT2D eigenvalue weighted by Crippen LogP contribution is -2.04. The molecular formula is C20H20N2O2. The summed E-state index contributed by atoms with van der Waals surface area (Å²) in [7, 11) is 1.68. The number of para-hydroxylation sites is 2. The molecule has 0 fully saturated rings. The van der Waals surface area contributed by atoms with Gasteiger partial charge in [-0.3, -0.25) is 0 Å². The van der Waals surface area contributed by atoms with Crippen LogP contribution in [-0.2, 0) is 6.54 Å². The van der Waals surface area contributed by atoms with Crippen LogP contribution in [0.1, 0.15) is 11.3 Å². The number of nitrogens with one attached hydrogen (secondary N) is 1. The van der Waals surface area contributed by atoms with E-state index in [1.54, 1.807) is 7.11 Å². The van der Waals surface area contributed by atoms with Gasteiger partial charge in [0.2, 0.25) is 5.88 Å². The number of aromatic nitrogens is 1. The van der Waals surface area contributed by atoms with Gasteiger partial charge in [-0.1, -0.05) is 36.4 Å². The molecule has 24 heavy (non-hydrogen) atoms. The molecule has 3 rings (SSSR count). The van der Waals surface area contributed by atoms with Crippen molar-refractivity contribution in [1.29, 1.82) is 0 Å². The minimum atomic E-state index is 0.566. The highest BCUT2D eigenvalue weighted by Crippen LogP contribution is 2.28. The molecule has 4 heteroatoms. The predicted octanol–water partition coefficient (Wildman–Crippen LogP) is 4.80. The molecule has 0 aliphatic heterocycles. The van der Waals surface area contributed by atoms with Gasteiger partial charge in [0, 0.05) is 17.8 Å². The fourth-order valence-electron chi connectivity index (χ4n) is 2.38. The molecule has 1 heterocycles. The Morgan fingerprint density at radius 2 is 1.67 bits per heavy atom. The van der Waals surface area contributed by atoms with Crippen molar-refractivity contribution < 1.29 is 9.47 Å². The zero-order valence-electron chi connectivity index (χ0n) is 13.8. The second-order valence-electron chi connectivity index (χ2n) is 5.39. The molecule has 1 N–H and O–H groups in total. The van der Waals surface area contributed by atoms with Crippen molar-refractivity contribution in [3.63, 3.8) is 0 Å². The number of aryl methyl sites for hydroxylation is 1. The molecule has 2 aromatic carbocycles. The summed E-state index contributed by atoms with van der Waals surface area (Å²) in [6.07, 6.45) is 0. The van der Waals surface area contributed by atoms with Crippen LogP contribution < -0.4 is 14.8 Å². The Morgan fingerprint density at radius 1 is 0.917 bits per heavy atom. The topological polar surface area (TPSA) is 43.4 Å². The summed E-state index contributed by atoms with van der Waals surface area (Å²) in [6, 6.07) is 21.5. The van der Waals surface area contributed by atoms with Crippen LogP contribution in [0, 0.1) is 6.92 Å². The van der Waals surface area contributed by atoms with Gasteiger partial charge in [0.15, 0.2) is 0 Å². The molecule has 3 aromatic rings. The predicted molar refractivity (Wildman–Crippen MR) is 95.8 cm³/mol. The van der Waals surface area contributed by atoms with E-state index in [0.717, 1.165) is 28.4 Å². The van der Waals surface area contributed by atoms with E-state index < -0.39 is 0 Å². The molecule has 0 aliphatic carbocycles. The average Bonchev–Trinajstić information content (AvgIpc) is 2.62. The maximum atomic E-state index is 5.93. The molecule has 0 amide bonds. The highest BCUT2D eigenvalue weighted by atomic mass is 16.5. The van der Waals surface area contributed by atoms with Crippen LogP contribution in [0.15, 0.2) is 66.7 Å². The van der Waals surface area contributed by atoms with Gasteiger partial charge in [-0.05, 0) is 37.3 Å². The highest BCUT2D eigenvalue weighted by Gasteiger charge is 2.09. The molecule has 0 aliphatic rings. The van der Waals surface area contributed by atoms with Crippen molar-refractivity contribution in [2.75, 3.05) is 12.4 Å². The summed E-state index contributed by atoms with van der Waals surface area (Å²) < 4.78 is 11.3. The first-order valence-electron chi connectivity index (χ1n) is 7.82. The second-order valence-corrected chi connectivity index (χ2v) is 5.39. The maximum Gasteiger partial charge on any atom is 0.243 e. The maximum absolute atomic E-state index is 5.93. The lowest BCUT2D eigenvalue weighted by Gasteiger charge is -2.14. The third-order valence-corrected chi connectivity index (χ3v) is 3.62. The lowest BCUT2D eigenvalue weighted by atomic mass is 10.2. The molecule has 0 radical (unpaired) electrons. The Morgan fingerprint density at radius 3 is 2.46 bits per heavy atom. The quantitative estimate of drug-likeness (QED) is 0.708. The number of pyridine rings is 1. The van der Waals surface area contributed by atoms with Crippen LogP contribution in [0.25, 0.3) is 0 Å². The summed E-state index contributed by atoms with van der Waals surface area (Å²) >= 11 is 0. The van der Waals surface area contributed by atoms with Crippen molar-refractivity contribution in [1.82, 2.24) is 4.98 Å². The molecule has 122 valence electrons. The summed E-state index contributed by atoms with van der Waals surface area (Å²) in [5.74, 6) is 2.18. The number of nitrogens with zero attached hydrogens (tertiary/aromatic N) is 1. The van der Waals surface area contributed by atoms with E-state index in [1.165, 1.54) is 0 Å². The van der Waals surface area contributed by atoms with Crippen molar-refractivity contribution in [2.45, 2.75) is 13.5 Å². The Hall–Kier alpha value is -3.01. The fraction of sp³-hybridized carbons (Fsp3) is 0.150. The first kappa shape index (κ1) is 15.9. The molecule has 0 bridgehead atoms. The van der Waals surface area contributed by atoms with Gasteiger partial charge in [0.1, 0.15) is 11.5 Å². The van der Waals surface area contributed by atoms with Gasteiger partial charge in [-0.25, -0.2) is 4.98 Å². The Kier molecular flexibility index (Phi) is 4.96. The Bertz CT molecular complexity index is 804. The van der Waals surface area contributed by atoms with Gasteiger partial charge < -0.3 is 14.8 Å². The monoisotopic (exact) mass is 320 g/mol. The zero-order chi connectivity index (χ0) is 16.8. The molecule has 0 unspecified atom stereocenters. The van der Waals surface area contributed by atoms with Gasteiger partial charge in [-0.2, -0.15) is 0 Å². The number of methoxy groups -OCH3 is 1. The smallest absolute Gasteiger partial charge is 0.243 e. The average molecular weight is 320 g/mol. The summed E-state index contributed by atoms with van der Waals surface area (Å²) in [5.41, 5.74) is 2.82. The van der Waals surface area contributed by atoms with Gasteiger partial charge in [0.25, 0.3) is 0 Å². The minimum absolute atomic E-state index is 0.566. The van der Waals surface area contributed by atoms with Crippen LogP contribution in [0.4, 0.5) is 5.69 Å². The first-order valence-corrected chi connectivity index (χ1v) is 7.82. The molecule has 1 aromatic heterocycles. The first-order chi connectivity index (χ1) is 11.8. The van der Waals surface area contributed by atoms with Crippen molar-refractivity contribution in [3.05, 3.63) is 78.0 Å². The number of rotatable bonds is 6. The SMILES string of the molecule is COc1ccccc1CNc1ccc(C)nc1Oc1ccccc1. The number of ether oxygens (including phenoxy) is 2. The third kappa shape index (κ3) is 3.84. The largest absolute Gasteiger partial charge is 0.496 e. The Balaban J connectivity index is 1.80. The summed E-state index contributed by atoms with van der Waals surface area (Å²) in [6.45, 7) is 2.57. The molecule has 0 atom stereocenters. The zero-order valence-corrected chi connectivity index (χ0v) is 13.8. The van der Waals surface area contributed by atoms with Crippen LogP contribution in [-0.4, -0.2) is 12.1 Å². The molecule has 0 saturated heterocycles. The van der Waals surface area contributed by atoms with Crippen LogP contribution in [0.3, 0.4) is 0 Å². The van der Waals surface area contributed by atoms with E-state index in [2.05, 4.69) is 10.3 Å². The van der Waals surface area contributed by atoms with Crippen LogP contribution >= 0.6 is 0 Å². The normalized spacial score (nSPS) is 10.2. The molecule has 0 saturated carbocycles. The van der Waals surface area contributed by atoms with Crippen LogP contribution in [0.2, 0.25) is 0 Å². The number of benzene rings is 2. The number of anilines is 1. The lowest BCUT2D eigenvalue weighted by molar-refractivity contribution is 0.410. The molecule has 0 spiro atoms. The van der Waals surface area contributed by atoms with E-state index in [9.17, 15) is 0 Å². The van der Waals surface area contributed by atoms with Gasteiger partial charge in [0.05, 0.1) is 12.8 Å². The fourth-order valence-corrected chi connectivity index (χ4v) is 2.38. The van der Waals surface area contributed by atoms with Crippen molar-refractivity contribution in [3.8, 4) is 17.4 Å². The summed E-state index contributed by atoms with van der Waals surface area (Å²) in [4.78, 5) is 4.51. The van der Waals surface area contributed by atoms with Crippen molar-refractivity contribution in [2.24, 2.45) is 0 Å². The highest BCUT2D eigenvalue weighted by molar-refractivity contribution is 5.55. The Labute approximate surface area is 142 Å². The standard InChI is InChI=1S/C20H20N2O2/c1-15-12-13-18(20(22-15)24-17-9-4-3-5-10-17)21-14-16-8-6-7-11-19(16)23-2/h3-13,21H,14H2,1-2H3. The van der Waals surface area contributed by atoms with E-state index in [-0.39, 0.29) is 0 Å². The van der Waals surface area contributed by atoms with Crippen LogP contribution in [0.5, 0.6) is 17.4 Å². The number of hydrogen-bond acceptors (Lipinski definition) is 4.